The van der Waals surface area contributed by atoms with Gasteiger partial charge in [0.05, 0.1) is 19.6 Å². The fourth-order valence-corrected chi connectivity index (χ4v) is 3.58. The van der Waals surface area contributed by atoms with Crippen molar-refractivity contribution in [3.05, 3.63) is 12.2 Å². The zero-order chi connectivity index (χ0) is 23.0. The molecule has 0 atom stereocenters. The van der Waals surface area contributed by atoms with Gasteiger partial charge in [-0.05, 0) is 12.8 Å². The molecule has 0 bridgehead atoms. The molecule has 0 saturated carbocycles. The molecule has 31 heavy (non-hydrogen) atoms. The molecule has 0 aliphatic rings. The summed E-state index contributed by atoms with van der Waals surface area (Å²) in [7, 11) is 0. The van der Waals surface area contributed by atoms with Gasteiger partial charge in [0.25, 0.3) is 0 Å². The quantitative estimate of drug-likeness (QED) is 0.0919. The van der Waals surface area contributed by atoms with Crippen LogP contribution in [0.5, 0.6) is 0 Å². The summed E-state index contributed by atoms with van der Waals surface area (Å²) < 4.78 is 10.4. The van der Waals surface area contributed by atoms with E-state index >= 15 is 0 Å². The Kier molecular flexibility index (Phi) is 22.4. The molecule has 0 spiro atoms. The van der Waals surface area contributed by atoms with E-state index in [0.717, 1.165) is 25.7 Å². The van der Waals surface area contributed by atoms with Crippen LogP contribution in [0.15, 0.2) is 12.2 Å². The van der Waals surface area contributed by atoms with Gasteiger partial charge in [-0.2, -0.15) is 0 Å². The Bertz CT molecular complexity index is 445. The van der Waals surface area contributed by atoms with E-state index in [4.69, 9.17) is 9.47 Å². The summed E-state index contributed by atoms with van der Waals surface area (Å²) in [5.41, 5.74) is 0.188. The van der Waals surface area contributed by atoms with Crippen LogP contribution < -0.4 is 0 Å². The zero-order valence-electron chi connectivity index (χ0n) is 20.7. The van der Waals surface area contributed by atoms with Gasteiger partial charge in [0.1, 0.15) is 0 Å². The van der Waals surface area contributed by atoms with Crippen LogP contribution >= 0.6 is 0 Å². The lowest BCUT2D eigenvalue weighted by molar-refractivity contribution is -0.146. The second kappa shape index (κ2) is 23.3. The van der Waals surface area contributed by atoms with Crippen molar-refractivity contribution in [3.63, 3.8) is 0 Å². The summed E-state index contributed by atoms with van der Waals surface area (Å²) in [4.78, 5) is 23.8. The standard InChI is InChI=1S/C27H50O4/c1-4-6-8-10-12-14-16-18-20-22-30-26(28)24-25(3)27(29)31-23-21-19-17-15-13-11-9-7-5-2/h3-24H2,1-2H3. The Balaban J connectivity index is 3.49. The predicted octanol–water partition coefficient (Wildman–Crippen LogP) is 8.08. The molecule has 0 aromatic heterocycles. The van der Waals surface area contributed by atoms with Crippen LogP contribution in [0, 0.1) is 0 Å². The first kappa shape index (κ1) is 29.7. The second-order valence-corrected chi connectivity index (χ2v) is 8.79. The number of carbonyl (C=O) groups is 2. The number of rotatable bonds is 23. The molecule has 0 aromatic carbocycles. The van der Waals surface area contributed by atoms with Gasteiger partial charge in [0.15, 0.2) is 0 Å². The molecule has 4 nitrogen and oxygen atoms in total. The second-order valence-electron chi connectivity index (χ2n) is 8.79. The van der Waals surface area contributed by atoms with Gasteiger partial charge < -0.3 is 9.47 Å². The molecule has 0 unspecified atom stereocenters. The van der Waals surface area contributed by atoms with E-state index in [1.54, 1.807) is 0 Å². The summed E-state index contributed by atoms with van der Waals surface area (Å²) >= 11 is 0. The fraction of sp³-hybridized carbons (Fsp3) is 0.852. The molecule has 0 heterocycles. The molecule has 4 heteroatoms. The third-order valence-electron chi connectivity index (χ3n) is 5.64. The van der Waals surface area contributed by atoms with Crippen molar-refractivity contribution in [2.75, 3.05) is 13.2 Å². The van der Waals surface area contributed by atoms with Gasteiger partial charge in [-0.1, -0.05) is 123 Å². The van der Waals surface area contributed by atoms with Gasteiger partial charge in [-0.25, -0.2) is 4.79 Å². The Morgan fingerprint density at radius 3 is 1.32 bits per heavy atom. The molecule has 0 fully saturated rings. The summed E-state index contributed by atoms with van der Waals surface area (Å²) in [6.07, 6.45) is 22.0. The number of hydrogen-bond acceptors (Lipinski definition) is 4. The molecule has 182 valence electrons. The molecule has 0 saturated heterocycles. The van der Waals surface area contributed by atoms with E-state index in [0.29, 0.717) is 13.2 Å². The van der Waals surface area contributed by atoms with Gasteiger partial charge >= 0.3 is 11.9 Å². The Morgan fingerprint density at radius 1 is 0.548 bits per heavy atom. The molecule has 0 aliphatic heterocycles. The SMILES string of the molecule is C=C(CC(=O)OCCCCCCCCCCC)C(=O)OCCCCCCCCCCC. The normalized spacial score (nSPS) is 10.8. The lowest BCUT2D eigenvalue weighted by Crippen LogP contribution is -2.14. The maximum Gasteiger partial charge on any atom is 0.333 e. The van der Waals surface area contributed by atoms with Crippen LogP contribution in [0.2, 0.25) is 0 Å². The molecule has 0 aromatic rings. The fourth-order valence-electron chi connectivity index (χ4n) is 3.58. The zero-order valence-corrected chi connectivity index (χ0v) is 20.7. The van der Waals surface area contributed by atoms with Crippen molar-refractivity contribution in [2.45, 2.75) is 136 Å². The van der Waals surface area contributed by atoms with Gasteiger partial charge in [0, 0.05) is 5.57 Å². The molecule has 0 aliphatic carbocycles. The predicted molar refractivity (Wildman–Crippen MR) is 130 cm³/mol. The maximum absolute atomic E-state index is 11.9. The summed E-state index contributed by atoms with van der Waals surface area (Å²) in [5, 5.41) is 0. The van der Waals surface area contributed by atoms with E-state index in [9.17, 15) is 9.59 Å². The van der Waals surface area contributed by atoms with Crippen LogP contribution in [-0.2, 0) is 19.1 Å². The number of carbonyl (C=O) groups excluding carboxylic acids is 2. The molecule has 0 radical (unpaired) electrons. The highest BCUT2D eigenvalue weighted by Gasteiger charge is 2.14. The van der Waals surface area contributed by atoms with E-state index in [-0.39, 0.29) is 18.0 Å². The topological polar surface area (TPSA) is 52.6 Å². The van der Waals surface area contributed by atoms with E-state index in [1.807, 2.05) is 0 Å². The first-order valence-electron chi connectivity index (χ1n) is 13.1. The number of ether oxygens (including phenoxy) is 2. The van der Waals surface area contributed by atoms with Crippen molar-refractivity contribution in [1.82, 2.24) is 0 Å². The summed E-state index contributed by atoms with van der Waals surface area (Å²) in [5.74, 6) is -0.857. The van der Waals surface area contributed by atoms with Crippen molar-refractivity contribution >= 4 is 11.9 Å². The van der Waals surface area contributed by atoms with Gasteiger partial charge in [-0.3, -0.25) is 4.79 Å². The highest BCUT2D eigenvalue weighted by molar-refractivity contribution is 5.93. The Labute approximate surface area is 192 Å². The Morgan fingerprint density at radius 2 is 0.903 bits per heavy atom. The highest BCUT2D eigenvalue weighted by atomic mass is 16.5. The number of unbranched alkanes of at least 4 members (excludes halogenated alkanes) is 16. The van der Waals surface area contributed by atoms with Crippen molar-refractivity contribution in [1.29, 1.82) is 0 Å². The minimum atomic E-state index is -0.473. The minimum absolute atomic E-state index is 0.0754. The third kappa shape index (κ3) is 21.7. The van der Waals surface area contributed by atoms with Crippen LogP contribution in [0.4, 0.5) is 0 Å². The average Bonchev–Trinajstić information content (AvgIpc) is 2.76. The van der Waals surface area contributed by atoms with E-state index < -0.39 is 5.97 Å². The largest absolute Gasteiger partial charge is 0.465 e. The van der Waals surface area contributed by atoms with Gasteiger partial charge in [0.2, 0.25) is 0 Å². The number of hydrogen-bond donors (Lipinski definition) is 0. The maximum atomic E-state index is 11.9. The summed E-state index contributed by atoms with van der Waals surface area (Å²) in [6.45, 7) is 8.98. The smallest absolute Gasteiger partial charge is 0.333 e. The molecule has 0 amide bonds. The first-order chi connectivity index (χ1) is 15.1. The first-order valence-corrected chi connectivity index (χ1v) is 13.1. The lowest BCUT2D eigenvalue weighted by Gasteiger charge is -2.08. The lowest BCUT2D eigenvalue weighted by atomic mass is 10.1. The van der Waals surface area contributed by atoms with Crippen LogP contribution in [-0.4, -0.2) is 25.2 Å². The van der Waals surface area contributed by atoms with Crippen molar-refractivity contribution in [3.8, 4) is 0 Å². The average molecular weight is 439 g/mol. The number of esters is 2. The van der Waals surface area contributed by atoms with Crippen molar-refractivity contribution in [2.24, 2.45) is 0 Å². The molecule has 0 rings (SSSR count). The van der Waals surface area contributed by atoms with Crippen LogP contribution in [0.25, 0.3) is 0 Å². The molecule has 0 N–H and O–H groups in total. The van der Waals surface area contributed by atoms with Gasteiger partial charge in [-0.15, -0.1) is 0 Å². The monoisotopic (exact) mass is 438 g/mol. The van der Waals surface area contributed by atoms with Crippen molar-refractivity contribution < 1.29 is 19.1 Å². The molecular formula is C27H50O4. The van der Waals surface area contributed by atoms with E-state index in [2.05, 4.69) is 20.4 Å². The highest BCUT2D eigenvalue weighted by Crippen LogP contribution is 2.11. The van der Waals surface area contributed by atoms with E-state index in [1.165, 1.54) is 89.9 Å². The third-order valence-corrected chi connectivity index (χ3v) is 5.64. The summed E-state index contributed by atoms with van der Waals surface area (Å²) in [6, 6.07) is 0. The van der Waals surface area contributed by atoms with Crippen LogP contribution in [0.3, 0.4) is 0 Å². The molecular weight excluding hydrogens is 388 g/mol. The Hall–Kier alpha value is -1.32. The minimum Gasteiger partial charge on any atom is -0.465 e. The van der Waals surface area contributed by atoms with Crippen LogP contribution in [0.1, 0.15) is 136 Å².